The molecule has 0 amide bonds. The summed E-state index contributed by atoms with van der Waals surface area (Å²) in [4.78, 5) is 16.3. The molecule has 0 radical (unpaired) electrons. The molecule has 6 nitrogen and oxygen atoms in total. The normalized spacial score (nSPS) is 10.6. The van der Waals surface area contributed by atoms with E-state index in [4.69, 9.17) is 18.6 Å². The van der Waals surface area contributed by atoms with Gasteiger partial charge in [0.2, 0.25) is 5.89 Å². The molecule has 0 atom stereocenters. The SMILES string of the molecule is COC(=O)Cc1nc(-c2ccc(OCc3ccccc3)cc2)c(-c2ccc(OC)cc2)o1. The van der Waals surface area contributed by atoms with E-state index in [0.29, 0.717) is 24.0 Å². The van der Waals surface area contributed by atoms with Crippen LogP contribution in [-0.2, 0) is 22.6 Å². The smallest absolute Gasteiger partial charge is 0.314 e. The summed E-state index contributed by atoms with van der Waals surface area (Å²) in [5.41, 5.74) is 3.42. The van der Waals surface area contributed by atoms with E-state index in [1.54, 1.807) is 7.11 Å². The Balaban J connectivity index is 1.61. The number of nitrogens with zero attached hydrogens (tertiary/aromatic N) is 1. The third-order valence-corrected chi connectivity index (χ3v) is 4.92. The lowest BCUT2D eigenvalue weighted by Gasteiger charge is -2.07. The molecule has 0 N–H and O–H groups in total. The van der Waals surface area contributed by atoms with Crippen LogP contribution in [0.2, 0.25) is 0 Å². The highest BCUT2D eigenvalue weighted by atomic mass is 16.5. The van der Waals surface area contributed by atoms with E-state index in [9.17, 15) is 4.79 Å². The summed E-state index contributed by atoms with van der Waals surface area (Å²) < 4.78 is 21.8. The number of aromatic nitrogens is 1. The molecule has 0 aliphatic carbocycles. The number of hydrogen-bond acceptors (Lipinski definition) is 6. The van der Waals surface area contributed by atoms with Crippen LogP contribution in [0.4, 0.5) is 0 Å². The van der Waals surface area contributed by atoms with Crippen LogP contribution in [0.1, 0.15) is 11.5 Å². The summed E-state index contributed by atoms with van der Waals surface area (Å²) in [6.07, 6.45) is -0.0437. The fraction of sp³-hybridized carbons (Fsp3) is 0.154. The Bertz CT molecular complexity index is 1170. The maximum absolute atomic E-state index is 11.7. The summed E-state index contributed by atoms with van der Waals surface area (Å²) >= 11 is 0. The zero-order chi connectivity index (χ0) is 22.3. The Hall–Kier alpha value is -4.06. The second-order valence-electron chi connectivity index (χ2n) is 7.07. The zero-order valence-electron chi connectivity index (χ0n) is 17.9. The molecule has 1 heterocycles. The lowest BCUT2D eigenvalue weighted by molar-refractivity contribution is -0.140. The quantitative estimate of drug-likeness (QED) is 0.354. The fourth-order valence-corrected chi connectivity index (χ4v) is 3.22. The Morgan fingerprint density at radius 2 is 1.50 bits per heavy atom. The average Bonchev–Trinajstić information content (AvgIpc) is 3.27. The minimum atomic E-state index is -0.413. The first kappa shape index (κ1) is 21.2. The van der Waals surface area contributed by atoms with Crippen LogP contribution in [0, 0.1) is 0 Å². The molecule has 0 saturated carbocycles. The van der Waals surface area contributed by atoms with Gasteiger partial charge in [-0.2, -0.15) is 0 Å². The minimum absolute atomic E-state index is 0.0437. The van der Waals surface area contributed by atoms with Gasteiger partial charge >= 0.3 is 5.97 Å². The van der Waals surface area contributed by atoms with Crippen molar-refractivity contribution in [3.63, 3.8) is 0 Å². The number of carbonyl (C=O) groups is 1. The molecule has 3 aromatic carbocycles. The van der Waals surface area contributed by atoms with Crippen molar-refractivity contribution in [2.45, 2.75) is 13.0 Å². The van der Waals surface area contributed by atoms with Gasteiger partial charge in [0.1, 0.15) is 30.2 Å². The molecule has 0 bridgehead atoms. The summed E-state index contributed by atoms with van der Waals surface area (Å²) in [7, 11) is 2.95. The molecule has 4 aromatic rings. The average molecular weight is 429 g/mol. The lowest BCUT2D eigenvalue weighted by Crippen LogP contribution is -2.04. The highest BCUT2D eigenvalue weighted by Gasteiger charge is 2.19. The number of benzene rings is 3. The molecule has 4 rings (SSSR count). The van der Waals surface area contributed by atoms with E-state index in [2.05, 4.69) is 4.98 Å². The third kappa shape index (κ3) is 4.98. The lowest BCUT2D eigenvalue weighted by atomic mass is 10.1. The van der Waals surface area contributed by atoms with Crippen LogP contribution >= 0.6 is 0 Å². The molecule has 162 valence electrons. The van der Waals surface area contributed by atoms with Crippen LogP contribution in [-0.4, -0.2) is 25.2 Å². The van der Waals surface area contributed by atoms with E-state index >= 15 is 0 Å². The summed E-state index contributed by atoms with van der Waals surface area (Å²) in [6, 6.07) is 25.1. The summed E-state index contributed by atoms with van der Waals surface area (Å²) in [5.74, 6) is 1.95. The van der Waals surface area contributed by atoms with E-state index in [1.165, 1.54) is 7.11 Å². The van der Waals surface area contributed by atoms with Crippen molar-refractivity contribution in [1.82, 2.24) is 4.98 Å². The zero-order valence-corrected chi connectivity index (χ0v) is 17.9. The third-order valence-electron chi connectivity index (χ3n) is 4.92. The van der Waals surface area contributed by atoms with Gasteiger partial charge in [-0.05, 0) is 54.1 Å². The number of carbonyl (C=O) groups excluding carboxylic acids is 1. The van der Waals surface area contributed by atoms with Crippen molar-refractivity contribution in [2.75, 3.05) is 14.2 Å². The predicted molar refractivity (Wildman–Crippen MR) is 120 cm³/mol. The molecule has 0 unspecified atom stereocenters. The van der Waals surface area contributed by atoms with Gasteiger partial charge < -0.3 is 18.6 Å². The highest BCUT2D eigenvalue weighted by Crippen LogP contribution is 2.34. The molecule has 6 heteroatoms. The van der Waals surface area contributed by atoms with Crippen molar-refractivity contribution >= 4 is 5.97 Å². The predicted octanol–water partition coefficient (Wildman–Crippen LogP) is 5.31. The van der Waals surface area contributed by atoms with Gasteiger partial charge in [-0.15, -0.1) is 0 Å². The number of rotatable bonds is 8. The number of hydrogen-bond donors (Lipinski definition) is 0. The first-order valence-corrected chi connectivity index (χ1v) is 10.1. The first-order valence-electron chi connectivity index (χ1n) is 10.1. The number of esters is 1. The van der Waals surface area contributed by atoms with Crippen LogP contribution in [0.15, 0.2) is 83.3 Å². The maximum Gasteiger partial charge on any atom is 0.314 e. The summed E-state index contributed by atoms with van der Waals surface area (Å²) in [6.45, 7) is 0.491. The number of oxazole rings is 1. The van der Waals surface area contributed by atoms with Gasteiger partial charge in [0.05, 0.1) is 14.2 Å². The van der Waals surface area contributed by atoms with Gasteiger partial charge in [-0.1, -0.05) is 30.3 Å². The van der Waals surface area contributed by atoms with Crippen molar-refractivity contribution in [2.24, 2.45) is 0 Å². The van der Waals surface area contributed by atoms with Crippen molar-refractivity contribution in [1.29, 1.82) is 0 Å². The monoisotopic (exact) mass is 429 g/mol. The first-order chi connectivity index (χ1) is 15.7. The van der Waals surface area contributed by atoms with Gasteiger partial charge in [-0.3, -0.25) is 4.79 Å². The van der Waals surface area contributed by atoms with Gasteiger partial charge in [0, 0.05) is 11.1 Å². The van der Waals surface area contributed by atoms with E-state index in [1.807, 2.05) is 78.9 Å². The Morgan fingerprint density at radius 1 is 0.844 bits per heavy atom. The van der Waals surface area contributed by atoms with Gasteiger partial charge in [-0.25, -0.2) is 4.98 Å². The van der Waals surface area contributed by atoms with Crippen molar-refractivity contribution < 1.29 is 23.4 Å². The second-order valence-corrected chi connectivity index (χ2v) is 7.07. The van der Waals surface area contributed by atoms with Crippen molar-refractivity contribution in [3.05, 3.63) is 90.3 Å². The van der Waals surface area contributed by atoms with E-state index < -0.39 is 5.97 Å². The van der Waals surface area contributed by atoms with Crippen LogP contribution < -0.4 is 9.47 Å². The summed E-state index contributed by atoms with van der Waals surface area (Å²) in [5, 5.41) is 0. The molecule has 0 aliphatic rings. The topological polar surface area (TPSA) is 70.8 Å². The van der Waals surface area contributed by atoms with Gasteiger partial charge in [0.15, 0.2) is 5.76 Å². The standard InChI is InChI=1S/C26H23NO5/c1-29-21-12-10-20(11-13-21)26-25(27-23(32-26)16-24(28)30-2)19-8-14-22(15-9-19)31-17-18-6-4-3-5-7-18/h3-15H,16-17H2,1-2H3. The Labute approximate surface area is 186 Å². The number of methoxy groups -OCH3 is 2. The minimum Gasteiger partial charge on any atom is -0.497 e. The molecule has 0 saturated heterocycles. The van der Waals surface area contributed by atoms with Crippen LogP contribution in [0.5, 0.6) is 11.5 Å². The maximum atomic E-state index is 11.7. The molecule has 32 heavy (non-hydrogen) atoms. The Kier molecular flexibility index (Phi) is 6.51. The van der Waals surface area contributed by atoms with Crippen LogP contribution in [0.25, 0.3) is 22.6 Å². The van der Waals surface area contributed by atoms with Crippen LogP contribution in [0.3, 0.4) is 0 Å². The highest BCUT2D eigenvalue weighted by molar-refractivity contribution is 5.78. The number of ether oxygens (including phenoxy) is 3. The van der Waals surface area contributed by atoms with Gasteiger partial charge in [0.25, 0.3) is 0 Å². The van der Waals surface area contributed by atoms with E-state index in [0.717, 1.165) is 28.2 Å². The molecule has 1 aromatic heterocycles. The Morgan fingerprint density at radius 3 is 2.16 bits per heavy atom. The molecule has 0 aliphatic heterocycles. The molecular weight excluding hydrogens is 406 g/mol. The van der Waals surface area contributed by atoms with E-state index in [-0.39, 0.29) is 6.42 Å². The molecule has 0 spiro atoms. The molecule has 0 fully saturated rings. The molecular formula is C26H23NO5. The second kappa shape index (κ2) is 9.83. The van der Waals surface area contributed by atoms with Crippen molar-refractivity contribution in [3.8, 4) is 34.1 Å². The fourth-order valence-electron chi connectivity index (χ4n) is 3.22. The largest absolute Gasteiger partial charge is 0.497 e.